The number of amides is 2. The normalized spacial score (nSPS) is 11.8. The summed E-state index contributed by atoms with van der Waals surface area (Å²) in [5.74, 6) is -1.96. The van der Waals surface area contributed by atoms with Crippen LogP contribution in [0.1, 0.15) is 15.9 Å². The third-order valence-corrected chi connectivity index (χ3v) is 4.92. The predicted molar refractivity (Wildman–Crippen MR) is 115 cm³/mol. The predicted octanol–water partition coefficient (Wildman–Crippen LogP) is 4.43. The van der Waals surface area contributed by atoms with Crippen LogP contribution in [0.2, 0.25) is 0 Å². The molecule has 3 aromatic carbocycles. The highest BCUT2D eigenvalue weighted by Crippen LogP contribution is 2.20. The van der Waals surface area contributed by atoms with E-state index in [1.807, 2.05) is 24.3 Å². The van der Waals surface area contributed by atoms with Gasteiger partial charge in [-0.2, -0.15) is 0 Å². The maximum atomic E-state index is 13.5. The molecule has 0 spiro atoms. The number of benzene rings is 3. The zero-order valence-electron chi connectivity index (χ0n) is 16.4. The van der Waals surface area contributed by atoms with E-state index < -0.39 is 29.5 Å². The van der Waals surface area contributed by atoms with Gasteiger partial charge in [-0.15, -0.1) is 0 Å². The number of aromatic amines is 1. The Morgan fingerprint density at radius 2 is 1.68 bits per heavy atom. The molecule has 0 aliphatic rings. The van der Waals surface area contributed by atoms with Crippen LogP contribution in [-0.2, 0) is 11.2 Å². The third-order valence-electron chi connectivity index (χ3n) is 4.92. The van der Waals surface area contributed by atoms with E-state index in [2.05, 4.69) is 15.6 Å². The summed E-state index contributed by atoms with van der Waals surface area (Å²) in [5.41, 5.74) is 2.26. The molecular formula is C24H19F2N3O2. The highest BCUT2D eigenvalue weighted by Gasteiger charge is 2.23. The van der Waals surface area contributed by atoms with Crippen molar-refractivity contribution < 1.29 is 18.4 Å². The van der Waals surface area contributed by atoms with Gasteiger partial charge >= 0.3 is 0 Å². The topological polar surface area (TPSA) is 74.0 Å². The molecule has 156 valence electrons. The van der Waals surface area contributed by atoms with E-state index in [1.54, 1.807) is 12.3 Å². The summed E-state index contributed by atoms with van der Waals surface area (Å²) in [5, 5.41) is 6.29. The fraction of sp³-hybridized carbons (Fsp3) is 0.0833. The van der Waals surface area contributed by atoms with Crippen molar-refractivity contribution in [1.29, 1.82) is 0 Å². The number of hydrogen-bond donors (Lipinski definition) is 3. The lowest BCUT2D eigenvalue weighted by Crippen LogP contribution is -2.45. The van der Waals surface area contributed by atoms with Gasteiger partial charge in [0.25, 0.3) is 5.91 Å². The molecule has 0 unspecified atom stereocenters. The summed E-state index contributed by atoms with van der Waals surface area (Å²) in [6, 6.07) is 17.2. The molecule has 0 radical (unpaired) electrons. The van der Waals surface area contributed by atoms with Crippen molar-refractivity contribution in [2.75, 3.05) is 5.32 Å². The third kappa shape index (κ3) is 4.78. The Bertz CT molecular complexity index is 1240. The molecule has 0 saturated carbocycles. The van der Waals surface area contributed by atoms with Crippen LogP contribution < -0.4 is 10.6 Å². The number of carbonyl (C=O) groups is 2. The molecule has 0 aliphatic carbocycles. The van der Waals surface area contributed by atoms with Crippen LogP contribution in [0.25, 0.3) is 10.9 Å². The van der Waals surface area contributed by atoms with E-state index >= 15 is 0 Å². The van der Waals surface area contributed by atoms with Gasteiger partial charge in [0.1, 0.15) is 17.7 Å². The second kappa shape index (κ2) is 8.79. The van der Waals surface area contributed by atoms with E-state index in [0.29, 0.717) is 0 Å². The molecule has 5 nitrogen and oxygen atoms in total. The summed E-state index contributed by atoms with van der Waals surface area (Å²) in [4.78, 5) is 28.8. The lowest BCUT2D eigenvalue weighted by atomic mass is 10.0. The molecule has 1 atom stereocenters. The summed E-state index contributed by atoms with van der Waals surface area (Å²) in [7, 11) is 0. The fourth-order valence-corrected chi connectivity index (χ4v) is 3.37. The average Bonchev–Trinajstić information content (AvgIpc) is 3.16. The van der Waals surface area contributed by atoms with Crippen molar-refractivity contribution in [1.82, 2.24) is 10.3 Å². The average molecular weight is 419 g/mol. The van der Waals surface area contributed by atoms with Crippen molar-refractivity contribution >= 4 is 28.4 Å². The van der Waals surface area contributed by atoms with Gasteiger partial charge in [-0.1, -0.05) is 24.3 Å². The van der Waals surface area contributed by atoms with Gasteiger partial charge in [0, 0.05) is 34.8 Å². The monoisotopic (exact) mass is 419 g/mol. The number of para-hydroxylation sites is 1. The molecule has 31 heavy (non-hydrogen) atoms. The number of anilines is 1. The quantitative estimate of drug-likeness (QED) is 0.433. The number of aromatic nitrogens is 1. The standard InChI is InChI=1S/C24H19F2N3O2/c25-17-10-8-15(9-11-17)23(30)29-22(24(31)28-19-5-3-4-18(26)13-19)12-16-14-27-21-7-2-1-6-20(16)21/h1-11,13-14,22,27H,12H2,(H,28,31)(H,29,30)/t22-/m0/s1. The van der Waals surface area contributed by atoms with Crippen LogP contribution in [0.15, 0.2) is 79.0 Å². The molecule has 7 heteroatoms. The number of rotatable bonds is 6. The van der Waals surface area contributed by atoms with E-state index in [-0.39, 0.29) is 17.7 Å². The SMILES string of the molecule is O=C(N[C@@H](Cc1c[nH]c2ccccc12)C(=O)Nc1cccc(F)c1)c1ccc(F)cc1. The fourth-order valence-electron chi connectivity index (χ4n) is 3.37. The summed E-state index contributed by atoms with van der Waals surface area (Å²) < 4.78 is 26.7. The zero-order valence-corrected chi connectivity index (χ0v) is 16.4. The molecule has 4 rings (SSSR count). The van der Waals surface area contributed by atoms with Gasteiger partial charge in [-0.3, -0.25) is 9.59 Å². The maximum Gasteiger partial charge on any atom is 0.251 e. The molecule has 2 amide bonds. The molecule has 3 N–H and O–H groups in total. The molecule has 0 aliphatic heterocycles. The largest absolute Gasteiger partial charge is 0.361 e. The summed E-state index contributed by atoms with van der Waals surface area (Å²) >= 11 is 0. The number of carbonyl (C=O) groups excluding carboxylic acids is 2. The molecule has 0 saturated heterocycles. The number of halogens is 2. The summed E-state index contributed by atoms with van der Waals surface area (Å²) in [6.45, 7) is 0. The van der Waals surface area contributed by atoms with E-state index in [1.165, 1.54) is 42.5 Å². The van der Waals surface area contributed by atoms with Crippen LogP contribution in [0.4, 0.5) is 14.5 Å². The Morgan fingerprint density at radius 1 is 0.903 bits per heavy atom. The second-order valence-electron chi connectivity index (χ2n) is 7.10. The first-order chi connectivity index (χ1) is 15.0. The summed E-state index contributed by atoms with van der Waals surface area (Å²) in [6.07, 6.45) is 2.00. The van der Waals surface area contributed by atoms with Crippen molar-refractivity contribution in [2.45, 2.75) is 12.5 Å². The van der Waals surface area contributed by atoms with Crippen LogP contribution in [-0.4, -0.2) is 22.8 Å². The van der Waals surface area contributed by atoms with Gasteiger partial charge in [-0.05, 0) is 54.1 Å². The van der Waals surface area contributed by atoms with Crippen LogP contribution >= 0.6 is 0 Å². The molecule has 0 bridgehead atoms. The number of nitrogens with one attached hydrogen (secondary N) is 3. The first-order valence-corrected chi connectivity index (χ1v) is 9.67. The first-order valence-electron chi connectivity index (χ1n) is 9.67. The van der Waals surface area contributed by atoms with Crippen molar-refractivity contribution in [2.24, 2.45) is 0 Å². The van der Waals surface area contributed by atoms with Gasteiger partial charge in [0.2, 0.25) is 5.91 Å². The minimum absolute atomic E-state index is 0.206. The van der Waals surface area contributed by atoms with Crippen molar-refractivity contribution in [3.63, 3.8) is 0 Å². The lowest BCUT2D eigenvalue weighted by Gasteiger charge is -2.18. The van der Waals surface area contributed by atoms with Crippen molar-refractivity contribution in [3.05, 3.63) is 102 Å². The molecule has 1 aromatic heterocycles. The van der Waals surface area contributed by atoms with Gasteiger partial charge < -0.3 is 15.6 Å². The highest BCUT2D eigenvalue weighted by molar-refractivity contribution is 6.01. The molecule has 0 fully saturated rings. The Hall–Kier alpha value is -4.00. The van der Waals surface area contributed by atoms with Crippen LogP contribution in [0.3, 0.4) is 0 Å². The Labute approximate surface area is 177 Å². The second-order valence-corrected chi connectivity index (χ2v) is 7.10. The van der Waals surface area contributed by atoms with E-state index in [4.69, 9.17) is 0 Å². The molecule has 1 heterocycles. The Kier molecular flexibility index (Phi) is 5.75. The highest BCUT2D eigenvalue weighted by atomic mass is 19.1. The van der Waals surface area contributed by atoms with E-state index in [0.717, 1.165) is 16.5 Å². The van der Waals surface area contributed by atoms with Crippen molar-refractivity contribution in [3.8, 4) is 0 Å². The molecular weight excluding hydrogens is 400 g/mol. The minimum Gasteiger partial charge on any atom is -0.361 e. The number of hydrogen-bond acceptors (Lipinski definition) is 2. The first kappa shape index (κ1) is 20.3. The van der Waals surface area contributed by atoms with Crippen LogP contribution in [0, 0.1) is 11.6 Å². The smallest absolute Gasteiger partial charge is 0.251 e. The van der Waals surface area contributed by atoms with Gasteiger partial charge in [0.15, 0.2) is 0 Å². The lowest BCUT2D eigenvalue weighted by molar-refractivity contribution is -0.118. The van der Waals surface area contributed by atoms with Gasteiger partial charge in [0.05, 0.1) is 0 Å². The van der Waals surface area contributed by atoms with E-state index in [9.17, 15) is 18.4 Å². The maximum absolute atomic E-state index is 13.5. The number of H-pyrrole nitrogens is 1. The van der Waals surface area contributed by atoms with Gasteiger partial charge in [-0.25, -0.2) is 8.78 Å². The zero-order chi connectivity index (χ0) is 21.8. The Morgan fingerprint density at radius 3 is 2.45 bits per heavy atom. The Balaban J connectivity index is 1.59. The van der Waals surface area contributed by atoms with Crippen LogP contribution in [0.5, 0.6) is 0 Å². The number of fused-ring (bicyclic) bond motifs is 1. The minimum atomic E-state index is -0.944. The molecule has 4 aromatic rings.